The van der Waals surface area contributed by atoms with E-state index in [9.17, 15) is 9.59 Å². The largest absolute Gasteiger partial charge is 0.465 e. The van der Waals surface area contributed by atoms with Crippen molar-refractivity contribution in [2.24, 2.45) is 5.92 Å². The Hall–Kier alpha value is -1.59. The van der Waals surface area contributed by atoms with Crippen molar-refractivity contribution in [3.05, 3.63) is 35.4 Å². The quantitative estimate of drug-likeness (QED) is 0.804. The maximum Gasteiger partial charge on any atom is 0.337 e. The highest BCUT2D eigenvalue weighted by Crippen LogP contribution is 2.16. The van der Waals surface area contributed by atoms with Crippen LogP contribution in [0.4, 0.5) is 0 Å². The van der Waals surface area contributed by atoms with E-state index in [-0.39, 0.29) is 30.2 Å². The number of benzene rings is 1. The molecule has 128 valence electrons. The Balaban J connectivity index is 0.00000264. The number of hydrogen-bond acceptors (Lipinski definition) is 4. The summed E-state index contributed by atoms with van der Waals surface area (Å²) in [6.45, 7) is 3.64. The van der Waals surface area contributed by atoms with Gasteiger partial charge in [0.1, 0.15) is 0 Å². The van der Waals surface area contributed by atoms with Crippen LogP contribution in [0.3, 0.4) is 0 Å². The highest BCUT2D eigenvalue weighted by molar-refractivity contribution is 5.89. The summed E-state index contributed by atoms with van der Waals surface area (Å²) >= 11 is 0. The molecular formula is C17H25ClN2O3. The molecule has 1 aromatic carbocycles. The molecule has 5 nitrogen and oxygen atoms in total. The summed E-state index contributed by atoms with van der Waals surface area (Å²) in [6.07, 6.45) is 2.57. The molecular weight excluding hydrogens is 316 g/mol. The molecule has 0 radical (unpaired) electrons. The molecule has 6 heteroatoms. The van der Waals surface area contributed by atoms with Crippen molar-refractivity contribution in [1.29, 1.82) is 0 Å². The first-order valence-corrected chi connectivity index (χ1v) is 7.78. The SMILES string of the molecule is COC(=O)c1ccc(CCNC(=O)[C@H]2CCN[C@@H](C)C2)cc1.Cl. The molecule has 1 aliphatic rings. The Kier molecular flexibility index (Phi) is 8.06. The third-order valence-corrected chi connectivity index (χ3v) is 4.08. The highest BCUT2D eigenvalue weighted by atomic mass is 35.5. The van der Waals surface area contributed by atoms with E-state index in [1.54, 1.807) is 12.1 Å². The number of methoxy groups -OCH3 is 1. The van der Waals surface area contributed by atoms with E-state index in [1.807, 2.05) is 12.1 Å². The van der Waals surface area contributed by atoms with Gasteiger partial charge in [-0.1, -0.05) is 12.1 Å². The van der Waals surface area contributed by atoms with Crippen LogP contribution in [0.5, 0.6) is 0 Å². The summed E-state index contributed by atoms with van der Waals surface area (Å²) < 4.78 is 4.66. The van der Waals surface area contributed by atoms with Crippen molar-refractivity contribution in [2.45, 2.75) is 32.2 Å². The zero-order chi connectivity index (χ0) is 15.9. The monoisotopic (exact) mass is 340 g/mol. The van der Waals surface area contributed by atoms with Crippen LogP contribution in [0.2, 0.25) is 0 Å². The lowest BCUT2D eigenvalue weighted by atomic mass is 9.92. The first-order valence-electron chi connectivity index (χ1n) is 7.78. The fraction of sp³-hybridized carbons (Fsp3) is 0.529. The number of piperidine rings is 1. The number of carbonyl (C=O) groups excluding carboxylic acids is 2. The molecule has 0 spiro atoms. The first-order chi connectivity index (χ1) is 10.6. The zero-order valence-electron chi connectivity index (χ0n) is 13.6. The number of esters is 1. The van der Waals surface area contributed by atoms with Crippen LogP contribution < -0.4 is 10.6 Å². The Bertz CT molecular complexity index is 519. The number of halogens is 1. The second kappa shape index (κ2) is 9.53. The van der Waals surface area contributed by atoms with E-state index in [2.05, 4.69) is 22.3 Å². The molecule has 1 aromatic rings. The van der Waals surface area contributed by atoms with Crippen LogP contribution in [0.1, 0.15) is 35.7 Å². The molecule has 1 fully saturated rings. The molecule has 0 saturated carbocycles. The molecule has 0 bridgehead atoms. The Morgan fingerprint density at radius 2 is 2.00 bits per heavy atom. The highest BCUT2D eigenvalue weighted by Gasteiger charge is 2.24. The van der Waals surface area contributed by atoms with Crippen molar-refractivity contribution in [1.82, 2.24) is 10.6 Å². The number of amides is 1. The first kappa shape index (κ1) is 19.5. The predicted molar refractivity (Wildman–Crippen MR) is 91.9 cm³/mol. The van der Waals surface area contributed by atoms with Gasteiger partial charge >= 0.3 is 5.97 Å². The van der Waals surface area contributed by atoms with E-state index in [0.717, 1.165) is 31.4 Å². The molecule has 1 aliphatic heterocycles. The van der Waals surface area contributed by atoms with Crippen LogP contribution >= 0.6 is 12.4 Å². The smallest absolute Gasteiger partial charge is 0.337 e. The van der Waals surface area contributed by atoms with Gasteiger partial charge in [-0.25, -0.2) is 4.79 Å². The molecule has 2 atom stereocenters. The molecule has 0 unspecified atom stereocenters. The van der Waals surface area contributed by atoms with E-state index in [1.165, 1.54) is 7.11 Å². The van der Waals surface area contributed by atoms with Gasteiger partial charge in [0.05, 0.1) is 12.7 Å². The van der Waals surface area contributed by atoms with Gasteiger partial charge in [-0.15, -0.1) is 12.4 Å². The van der Waals surface area contributed by atoms with Crippen molar-refractivity contribution >= 4 is 24.3 Å². The van der Waals surface area contributed by atoms with Gasteiger partial charge in [0.15, 0.2) is 0 Å². The standard InChI is InChI=1S/C17H24N2O3.ClH/c1-12-11-15(8-10-18-12)16(20)19-9-7-13-3-5-14(6-4-13)17(21)22-2;/h3-6,12,15,18H,7-11H2,1-2H3,(H,19,20);1H/t12-,15-;/m0./s1. The molecule has 1 heterocycles. The van der Waals surface area contributed by atoms with Gasteiger partial charge in [0.25, 0.3) is 0 Å². The number of ether oxygens (including phenoxy) is 1. The number of carbonyl (C=O) groups is 2. The summed E-state index contributed by atoms with van der Waals surface area (Å²) in [6, 6.07) is 7.70. The van der Waals surface area contributed by atoms with Gasteiger partial charge in [-0.2, -0.15) is 0 Å². The lowest BCUT2D eigenvalue weighted by molar-refractivity contribution is -0.126. The molecule has 2 N–H and O–H groups in total. The van der Waals surface area contributed by atoms with E-state index in [4.69, 9.17) is 0 Å². The third-order valence-electron chi connectivity index (χ3n) is 4.08. The summed E-state index contributed by atoms with van der Waals surface area (Å²) in [5.74, 6) is -0.0580. The third kappa shape index (κ3) is 5.84. The van der Waals surface area contributed by atoms with Crippen LogP contribution in [-0.2, 0) is 16.0 Å². The fourth-order valence-electron chi connectivity index (χ4n) is 2.77. The lowest BCUT2D eigenvalue weighted by Gasteiger charge is -2.27. The minimum absolute atomic E-state index is 0. The summed E-state index contributed by atoms with van der Waals surface area (Å²) in [4.78, 5) is 23.5. The predicted octanol–water partition coefficient (Wildman–Crippen LogP) is 1.94. The summed E-state index contributed by atoms with van der Waals surface area (Å²) in [5, 5.41) is 6.36. The fourth-order valence-corrected chi connectivity index (χ4v) is 2.77. The average molecular weight is 341 g/mol. The minimum Gasteiger partial charge on any atom is -0.465 e. The second-order valence-electron chi connectivity index (χ2n) is 5.81. The van der Waals surface area contributed by atoms with E-state index in [0.29, 0.717) is 18.2 Å². The summed E-state index contributed by atoms with van der Waals surface area (Å²) in [7, 11) is 1.37. The number of rotatable bonds is 5. The van der Waals surface area contributed by atoms with Crippen molar-refractivity contribution in [2.75, 3.05) is 20.2 Å². The maximum atomic E-state index is 12.1. The Morgan fingerprint density at radius 1 is 1.30 bits per heavy atom. The van der Waals surface area contributed by atoms with Gasteiger partial charge in [0.2, 0.25) is 5.91 Å². The normalized spacial score (nSPS) is 20.3. The second-order valence-corrected chi connectivity index (χ2v) is 5.81. The molecule has 1 amide bonds. The van der Waals surface area contributed by atoms with Crippen molar-refractivity contribution in [3.8, 4) is 0 Å². The Morgan fingerprint density at radius 3 is 2.61 bits per heavy atom. The lowest BCUT2D eigenvalue weighted by Crippen LogP contribution is -2.42. The minimum atomic E-state index is -0.333. The number of hydrogen-bond donors (Lipinski definition) is 2. The Labute approximate surface area is 143 Å². The topological polar surface area (TPSA) is 67.4 Å². The average Bonchev–Trinajstić information content (AvgIpc) is 2.54. The van der Waals surface area contributed by atoms with Crippen molar-refractivity contribution in [3.63, 3.8) is 0 Å². The summed E-state index contributed by atoms with van der Waals surface area (Å²) in [5.41, 5.74) is 1.63. The van der Waals surface area contributed by atoms with Gasteiger partial charge in [0, 0.05) is 18.5 Å². The van der Waals surface area contributed by atoms with E-state index >= 15 is 0 Å². The molecule has 2 rings (SSSR count). The van der Waals surface area contributed by atoms with Crippen molar-refractivity contribution < 1.29 is 14.3 Å². The van der Waals surface area contributed by atoms with Gasteiger partial charge in [-0.05, 0) is 50.4 Å². The van der Waals surface area contributed by atoms with Crippen LogP contribution in [-0.4, -0.2) is 38.1 Å². The number of nitrogens with one attached hydrogen (secondary N) is 2. The van der Waals surface area contributed by atoms with Crippen LogP contribution in [0.25, 0.3) is 0 Å². The molecule has 0 aromatic heterocycles. The van der Waals surface area contributed by atoms with E-state index < -0.39 is 0 Å². The zero-order valence-corrected chi connectivity index (χ0v) is 14.4. The molecule has 1 saturated heterocycles. The van der Waals surface area contributed by atoms with Crippen LogP contribution in [0.15, 0.2) is 24.3 Å². The van der Waals surface area contributed by atoms with Gasteiger partial charge < -0.3 is 15.4 Å². The maximum absolute atomic E-state index is 12.1. The molecule has 0 aliphatic carbocycles. The van der Waals surface area contributed by atoms with Crippen LogP contribution in [0, 0.1) is 5.92 Å². The van der Waals surface area contributed by atoms with Gasteiger partial charge in [-0.3, -0.25) is 4.79 Å². The molecule has 23 heavy (non-hydrogen) atoms.